The van der Waals surface area contributed by atoms with Gasteiger partial charge in [0.1, 0.15) is 30.7 Å². The van der Waals surface area contributed by atoms with Gasteiger partial charge in [0, 0.05) is 0 Å². The summed E-state index contributed by atoms with van der Waals surface area (Å²) in [6.45, 7) is -0.633. The van der Waals surface area contributed by atoms with Crippen molar-refractivity contribution < 1.29 is 20.1 Å². The van der Waals surface area contributed by atoms with E-state index in [9.17, 15) is 20.3 Å². The maximum absolute atomic E-state index is 11.7. The fourth-order valence-electron chi connectivity index (χ4n) is 1.87. The molecule has 19 heavy (non-hydrogen) atoms. The maximum Gasteiger partial charge on any atom is 0.355 e. The lowest BCUT2D eigenvalue weighted by atomic mass is 10.0. The van der Waals surface area contributed by atoms with Crippen molar-refractivity contribution in [3.63, 3.8) is 0 Å². The Balaban J connectivity index is 2.56. The van der Waals surface area contributed by atoms with Crippen molar-refractivity contribution in [2.45, 2.75) is 24.0 Å². The molecule has 1 fully saturated rings. The number of nitriles is 1. The van der Waals surface area contributed by atoms with E-state index in [0.29, 0.717) is 4.57 Å². The predicted octanol–water partition coefficient (Wildman–Crippen LogP) is -3.49. The van der Waals surface area contributed by atoms with Crippen LogP contribution in [-0.4, -0.2) is 54.8 Å². The van der Waals surface area contributed by atoms with E-state index in [1.807, 2.05) is 0 Å². The van der Waals surface area contributed by atoms with Gasteiger partial charge in [0.25, 0.3) is 5.72 Å². The maximum atomic E-state index is 11.7. The van der Waals surface area contributed by atoms with Gasteiger partial charge in [0.2, 0.25) is 5.95 Å². The molecule has 4 atom stereocenters. The molecular formula is C9H11N5O5. The Morgan fingerprint density at radius 1 is 1.63 bits per heavy atom. The van der Waals surface area contributed by atoms with Gasteiger partial charge in [-0.2, -0.15) is 10.2 Å². The Morgan fingerprint density at radius 2 is 2.32 bits per heavy atom. The van der Waals surface area contributed by atoms with Gasteiger partial charge in [-0.1, -0.05) is 0 Å². The molecule has 0 radical (unpaired) electrons. The van der Waals surface area contributed by atoms with Gasteiger partial charge in [-0.3, -0.25) is 0 Å². The summed E-state index contributed by atoms with van der Waals surface area (Å²) >= 11 is 0. The number of nitrogens with zero attached hydrogens (tertiary/aromatic N) is 4. The van der Waals surface area contributed by atoms with Gasteiger partial charge in [-0.15, -0.1) is 0 Å². The van der Waals surface area contributed by atoms with Crippen LogP contribution in [0.15, 0.2) is 11.1 Å². The third-order valence-corrected chi connectivity index (χ3v) is 2.86. The van der Waals surface area contributed by atoms with Crippen molar-refractivity contribution in [1.82, 2.24) is 14.5 Å². The lowest BCUT2D eigenvalue weighted by molar-refractivity contribution is -0.109. The number of hydrogen-bond acceptors (Lipinski definition) is 9. The van der Waals surface area contributed by atoms with Gasteiger partial charge in [-0.05, 0) is 0 Å². The Bertz CT molecular complexity index is 583. The second-order valence-corrected chi connectivity index (χ2v) is 3.95. The van der Waals surface area contributed by atoms with E-state index in [2.05, 4.69) is 9.97 Å². The van der Waals surface area contributed by atoms with E-state index in [1.165, 1.54) is 0 Å². The first-order valence-electron chi connectivity index (χ1n) is 5.24. The monoisotopic (exact) mass is 269 g/mol. The molecule has 0 unspecified atom stereocenters. The molecule has 10 heteroatoms. The molecule has 1 aliphatic heterocycles. The number of aliphatic hydroxyl groups excluding tert-OH is 3. The summed E-state index contributed by atoms with van der Waals surface area (Å²) < 4.78 is 5.73. The highest BCUT2D eigenvalue weighted by Crippen LogP contribution is 2.33. The molecule has 1 aromatic heterocycles. The normalized spacial score (nSPS) is 34.1. The average molecular weight is 269 g/mol. The topological polar surface area (TPSA) is 168 Å². The van der Waals surface area contributed by atoms with E-state index in [1.54, 1.807) is 6.07 Å². The zero-order valence-electron chi connectivity index (χ0n) is 9.54. The van der Waals surface area contributed by atoms with Crippen LogP contribution >= 0.6 is 0 Å². The molecule has 1 saturated heterocycles. The average Bonchev–Trinajstić information content (AvgIpc) is 2.64. The van der Waals surface area contributed by atoms with Crippen LogP contribution in [0.25, 0.3) is 0 Å². The summed E-state index contributed by atoms with van der Waals surface area (Å²) in [4.78, 5) is 18.5. The second kappa shape index (κ2) is 4.56. The predicted molar refractivity (Wildman–Crippen MR) is 58.3 cm³/mol. The summed E-state index contributed by atoms with van der Waals surface area (Å²) in [5.41, 5.74) is 2.03. The highest BCUT2D eigenvalue weighted by molar-refractivity contribution is 5.15. The van der Waals surface area contributed by atoms with Crippen LogP contribution < -0.4 is 11.4 Å². The van der Waals surface area contributed by atoms with Gasteiger partial charge in [0.05, 0.1) is 6.61 Å². The van der Waals surface area contributed by atoms with E-state index in [4.69, 9.17) is 15.6 Å². The molecule has 0 aromatic carbocycles. The molecule has 0 saturated carbocycles. The fourth-order valence-corrected chi connectivity index (χ4v) is 1.87. The minimum absolute atomic E-state index is 0.305. The first kappa shape index (κ1) is 13.4. The molecule has 0 amide bonds. The molecule has 0 aliphatic carbocycles. The number of anilines is 1. The number of hydrogen-bond donors (Lipinski definition) is 4. The van der Waals surface area contributed by atoms with Gasteiger partial charge < -0.3 is 25.8 Å². The van der Waals surface area contributed by atoms with Gasteiger partial charge >= 0.3 is 5.69 Å². The number of aromatic nitrogens is 3. The van der Waals surface area contributed by atoms with Crippen LogP contribution in [0.2, 0.25) is 0 Å². The minimum atomic E-state index is -2.21. The Morgan fingerprint density at radius 3 is 2.79 bits per heavy atom. The molecule has 1 aliphatic rings. The van der Waals surface area contributed by atoms with Crippen LogP contribution in [0.1, 0.15) is 0 Å². The van der Waals surface area contributed by atoms with Crippen LogP contribution in [0.3, 0.4) is 0 Å². The van der Waals surface area contributed by atoms with Crippen molar-refractivity contribution >= 4 is 5.95 Å². The summed E-state index contributed by atoms with van der Waals surface area (Å²) in [5, 5.41) is 37.8. The van der Waals surface area contributed by atoms with Crippen molar-refractivity contribution in [2.24, 2.45) is 0 Å². The molecule has 1 aromatic rings. The second-order valence-electron chi connectivity index (χ2n) is 3.95. The Labute approximate surface area is 106 Å². The summed E-state index contributed by atoms with van der Waals surface area (Å²) in [5.74, 6) is -0.305. The zero-order chi connectivity index (χ0) is 14.2. The van der Waals surface area contributed by atoms with Crippen molar-refractivity contribution in [3.05, 3.63) is 16.8 Å². The van der Waals surface area contributed by atoms with Crippen molar-refractivity contribution in [1.29, 1.82) is 5.26 Å². The molecule has 2 heterocycles. The van der Waals surface area contributed by atoms with E-state index < -0.39 is 36.3 Å². The van der Waals surface area contributed by atoms with Crippen LogP contribution in [0.4, 0.5) is 5.95 Å². The SMILES string of the molecule is N#C[C@@]1(n2cnc(N)nc2=O)O[C@H](CO)[C@@H](O)[C@H]1O. The summed E-state index contributed by atoms with van der Waals surface area (Å²) in [6, 6.07) is 1.60. The van der Waals surface area contributed by atoms with Gasteiger partial charge in [0.15, 0.2) is 0 Å². The fraction of sp³-hybridized carbons (Fsp3) is 0.556. The number of nitrogens with two attached hydrogens (primary N) is 1. The molecule has 5 N–H and O–H groups in total. The highest BCUT2D eigenvalue weighted by Gasteiger charge is 2.57. The van der Waals surface area contributed by atoms with E-state index in [0.717, 1.165) is 6.33 Å². The number of ether oxygens (including phenoxy) is 1. The molecule has 2 rings (SSSR count). The largest absolute Gasteiger partial charge is 0.394 e. The number of nitrogen functional groups attached to an aromatic ring is 1. The summed E-state index contributed by atoms with van der Waals surface area (Å²) in [7, 11) is 0. The lowest BCUT2D eigenvalue weighted by Gasteiger charge is -2.25. The lowest BCUT2D eigenvalue weighted by Crippen LogP contribution is -2.50. The standard InChI is InChI=1S/C9H11N5O5/c10-2-9(6(17)5(16)4(1-15)19-9)14-3-12-7(11)13-8(14)18/h3-6,15-17H,1H2,(H2,11,13,18)/t4-,5-,6-,9-/m1/s1. The van der Waals surface area contributed by atoms with Crippen LogP contribution in [0, 0.1) is 11.3 Å². The summed E-state index contributed by atoms with van der Waals surface area (Å²) in [6.07, 6.45) is -3.61. The zero-order valence-corrected chi connectivity index (χ0v) is 9.54. The van der Waals surface area contributed by atoms with E-state index in [-0.39, 0.29) is 5.95 Å². The molecule has 10 nitrogen and oxygen atoms in total. The number of aliphatic hydroxyl groups is 3. The Kier molecular flexibility index (Phi) is 3.21. The quantitative estimate of drug-likeness (QED) is 0.425. The Hall–Kier alpha value is -2.06. The van der Waals surface area contributed by atoms with Gasteiger partial charge in [-0.25, -0.2) is 14.3 Å². The van der Waals surface area contributed by atoms with Crippen molar-refractivity contribution in [2.75, 3.05) is 12.3 Å². The van der Waals surface area contributed by atoms with Crippen molar-refractivity contribution in [3.8, 4) is 6.07 Å². The first-order valence-corrected chi connectivity index (χ1v) is 5.24. The third-order valence-electron chi connectivity index (χ3n) is 2.86. The van der Waals surface area contributed by atoms with E-state index >= 15 is 0 Å². The number of rotatable bonds is 2. The van der Waals surface area contributed by atoms with Crippen LogP contribution in [-0.2, 0) is 10.5 Å². The van der Waals surface area contributed by atoms with Crippen LogP contribution in [0.5, 0.6) is 0 Å². The molecular weight excluding hydrogens is 258 g/mol. The highest BCUT2D eigenvalue weighted by atomic mass is 16.6. The first-order chi connectivity index (χ1) is 8.96. The minimum Gasteiger partial charge on any atom is -0.394 e. The molecule has 102 valence electrons. The third kappa shape index (κ3) is 1.85. The smallest absolute Gasteiger partial charge is 0.355 e. The molecule has 0 spiro atoms. The molecule has 0 bridgehead atoms.